The zero-order chi connectivity index (χ0) is 12.3. The van der Waals surface area contributed by atoms with E-state index in [2.05, 4.69) is 0 Å². The Hall–Kier alpha value is -0.770. The largest absolute Gasteiger partial charge is 0.444 e. The van der Waals surface area contributed by atoms with Crippen LogP contribution in [0.3, 0.4) is 0 Å². The Balaban J connectivity index is 2.60. The summed E-state index contributed by atoms with van der Waals surface area (Å²) >= 11 is 0. The van der Waals surface area contributed by atoms with E-state index in [0.29, 0.717) is 19.4 Å². The lowest BCUT2D eigenvalue weighted by atomic mass is 9.98. The van der Waals surface area contributed by atoms with Crippen LogP contribution in [0.2, 0.25) is 0 Å². The molecule has 0 radical (unpaired) electrons. The van der Waals surface area contributed by atoms with Crippen molar-refractivity contribution < 1.29 is 14.6 Å². The summed E-state index contributed by atoms with van der Waals surface area (Å²) < 4.78 is 5.35. The van der Waals surface area contributed by atoms with Crippen molar-refractivity contribution in [3.63, 3.8) is 0 Å². The quantitative estimate of drug-likeness (QED) is 0.749. The average molecular weight is 229 g/mol. The minimum atomic E-state index is -0.453. The van der Waals surface area contributed by atoms with E-state index in [4.69, 9.17) is 4.74 Å². The smallest absolute Gasteiger partial charge is 0.410 e. The lowest BCUT2D eigenvalue weighted by molar-refractivity contribution is -0.00840. The third-order valence-corrected chi connectivity index (χ3v) is 2.79. The van der Waals surface area contributed by atoms with Crippen molar-refractivity contribution in [1.29, 1.82) is 0 Å². The summed E-state index contributed by atoms with van der Waals surface area (Å²) in [5, 5.41) is 9.56. The third-order valence-electron chi connectivity index (χ3n) is 2.79. The Morgan fingerprint density at radius 2 is 2.12 bits per heavy atom. The van der Waals surface area contributed by atoms with Crippen molar-refractivity contribution in [1.82, 2.24) is 4.90 Å². The lowest BCUT2D eigenvalue weighted by Gasteiger charge is -2.38. The SMILES string of the molecule is CC[C@@H]1C[C@@H](O)CCN1C(=O)OC(C)(C)C. The summed E-state index contributed by atoms with van der Waals surface area (Å²) in [7, 11) is 0. The van der Waals surface area contributed by atoms with Crippen LogP contribution in [0.1, 0.15) is 47.0 Å². The van der Waals surface area contributed by atoms with Gasteiger partial charge < -0.3 is 14.7 Å². The fourth-order valence-electron chi connectivity index (χ4n) is 1.98. The van der Waals surface area contributed by atoms with Crippen molar-refractivity contribution in [2.45, 2.75) is 64.7 Å². The summed E-state index contributed by atoms with van der Waals surface area (Å²) in [6, 6.07) is 0.110. The van der Waals surface area contributed by atoms with Crippen LogP contribution in [0.15, 0.2) is 0 Å². The molecule has 0 spiro atoms. The molecule has 1 N–H and O–H groups in total. The van der Waals surface area contributed by atoms with Gasteiger partial charge in [-0.3, -0.25) is 0 Å². The first-order valence-corrected chi connectivity index (χ1v) is 6.01. The normalized spacial score (nSPS) is 26.7. The molecule has 0 aliphatic carbocycles. The maximum atomic E-state index is 11.9. The van der Waals surface area contributed by atoms with Crippen LogP contribution in [0.4, 0.5) is 4.79 Å². The van der Waals surface area contributed by atoms with Gasteiger partial charge in [0.1, 0.15) is 5.60 Å². The molecule has 0 saturated carbocycles. The van der Waals surface area contributed by atoms with Crippen LogP contribution >= 0.6 is 0 Å². The average Bonchev–Trinajstić information content (AvgIpc) is 2.14. The molecule has 2 atom stereocenters. The molecule has 1 saturated heterocycles. The highest BCUT2D eigenvalue weighted by molar-refractivity contribution is 5.68. The predicted molar refractivity (Wildman–Crippen MR) is 62.3 cm³/mol. The van der Waals surface area contributed by atoms with E-state index in [0.717, 1.165) is 6.42 Å². The van der Waals surface area contributed by atoms with Crippen LogP contribution in [0, 0.1) is 0 Å². The second-order valence-corrected chi connectivity index (χ2v) is 5.41. The lowest BCUT2D eigenvalue weighted by Crippen LogP contribution is -2.49. The van der Waals surface area contributed by atoms with Gasteiger partial charge in [0, 0.05) is 12.6 Å². The van der Waals surface area contributed by atoms with Crippen LogP contribution in [-0.2, 0) is 4.74 Å². The number of ether oxygens (including phenoxy) is 1. The molecule has 1 heterocycles. The maximum Gasteiger partial charge on any atom is 0.410 e. The second kappa shape index (κ2) is 5.04. The molecule has 4 heteroatoms. The molecule has 0 aromatic rings. The highest BCUT2D eigenvalue weighted by Gasteiger charge is 2.32. The molecule has 0 aromatic heterocycles. The summed E-state index contributed by atoms with van der Waals surface area (Å²) in [5.74, 6) is 0. The number of nitrogens with zero attached hydrogens (tertiary/aromatic N) is 1. The monoisotopic (exact) mass is 229 g/mol. The summed E-state index contributed by atoms with van der Waals surface area (Å²) in [4.78, 5) is 13.7. The molecule has 0 unspecified atom stereocenters. The van der Waals surface area contributed by atoms with Gasteiger partial charge in [0.15, 0.2) is 0 Å². The first-order valence-electron chi connectivity index (χ1n) is 6.01. The number of carbonyl (C=O) groups is 1. The van der Waals surface area contributed by atoms with Gasteiger partial charge in [-0.15, -0.1) is 0 Å². The Labute approximate surface area is 97.6 Å². The number of piperidine rings is 1. The Morgan fingerprint density at radius 3 is 2.62 bits per heavy atom. The van der Waals surface area contributed by atoms with E-state index in [1.807, 2.05) is 27.7 Å². The molecule has 94 valence electrons. The van der Waals surface area contributed by atoms with E-state index in [1.165, 1.54) is 0 Å². The third kappa shape index (κ3) is 3.67. The van der Waals surface area contributed by atoms with Crippen LogP contribution < -0.4 is 0 Å². The van der Waals surface area contributed by atoms with Crippen LogP contribution in [0.5, 0.6) is 0 Å². The zero-order valence-corrected chi connectivity index (χ0v) is 10.7. The highest BCUT2D eigenvalue weighted by Crippen LogP contribution is 2.22. The Kier molecular flexibility index (Phi) is 4.19. The van der Waals surface area contributed by atoms with Gasteiger partial charge in [-0.05, 0) is 40.0 Å². The van der Waals surface area contributed by atoms with Gasteiger partial charge in [0.05, 0.1) is 6.10 Å². The van der Waals surface area contributed by atoms with Crippen LogP contribution in [0.25, 0.3) is 0 Å². The molecule has 1 aliphatic heterocycles. The number of hydrogen-bond donors (Lipinski definition) is 1. The van der Waals surface area contributed by atoms with Gasteiger partial charge in [0.25, 0.3) is 0 Å². The number of likely N-dealkylation sites (tertiary alicyclic amines) is 1. The number of aliphatic hydroxyl groups is 1. The van der Waals surface area contributed by atoms with E-state index in [1.54, 1.807) is 4.90 Å². The predicted octanol–water partition coefficient (Wildman–Crippen LogP) is 2.16. The van der Waals surface area contributed by atoms with Crippen molar-refractivity contribution in [2.24, 2.45) is 0 Å². The number of hydrogen-bond acceptors (Lipinski definition) is 3. The highest BCUT2D eigenvalue weighted by atomic mass is 16.6. The van der Waals surface area contributed by atoms with Gasteiger partial charge in [-0.2, -0.15) is 0 Å². The van der Waals surface area contributed by atoms with Crippen molar-refractivity contribution in [3.05, 3.63) is 0 Å². The molecule has 1 aliphatic rings. The summed E-state index contributed by atoms with van der Waals surface area (Å²) in [6.45, 7) is 8.22. The van der Waals surface area contributed by atoms with Crippen LogP contribution in [-0.4, -0.2) is 40.4 Å². The first-order chi connectivity index (χ1) is 7.33. The minimum Gasteiger partial charge on any atom is -0.444 e. The first kappa shape index (κ1) is 13.3. The number of amides is 1. The van der Waals surface area contributed by atoms with Crippen molar-refractivity contribution in [2.75, 3.05) is 6.54 Å². The Bertz CT molecular complexity index is 247. The fourth-order valence-corrected chi connectivity index (χ4v) is 1.98. The van der Waals surface area contributed by atoms with Gasteiger partial charge in [-0.25, -0.2) is 4.79 Å². The molecular formula is C12H23NO3. The van der Waals surface area contributed by atoms with Gasteiger partial charge in [0.2, 0.25) is 0 Å². The molecule has 4 nitrogen and oxygen atoms in total. The number of rotatable bonds is 1. The van der Waals surface area contributed by atoms with E-state index >= 15 is 0 Å². The topological polar surface area (TPSA) is 49.8 Å². The molecule has 1 rings (SSSR count). The Morgan fingerprint density at radius 1 is 1.50 bits per heavy atom. The van der Waals surface area contributed by atoms with Crippen molar-refractivity contribution >= 4 is 6.09 Å². The molecule has 0 aromatic carbocycles. The molecular weight excluding hydrogens is 206 g/mol. The van der Waals surface area contributed by atoms with E-state index < -0.39 is 5.60 Å². The minimum absolute atomic E-state index is 0.110. The molecule has 16 heavy (non-hydrogen) atoms. The number of carbonyl (C=O) groups excluding carboxylic acids is 1. The number of aliphatic hydroxyl groups excluding tert-OH is 1. The van der Waals surface area contributed by atoms with E-state index in [9.17, 15) is 9.90 Å². The summed E-state index contributed by atoms with van der Waals surface area (Å²) in [6.07, 6.45) is 1.64. The standard InChI is InChI=1S/C12H23NO3/c1-5-9-8-10(14)6-7-13(9)11(15)16-12(2,3)4/h9-10,14H,5-8H2,1-4H3/t9-,10+/m1/s1. The summed E-state index contributed by atoms with van der Waals surface area (Å²) in [5.41, 5.74) is -0.453. The zero-order valence-electron chi connectivity index (χ0n) is 10.7. The maximum absolute atomic E-state index is 11.9. The second-order valence-electron chi connectivity index (χ2n) is 5.41. The molecule has 1 amide bonds. The fraction of sp³-hybridized carbons (Fsp3) is 0.917. The molecule has 0 bridgehead atoms. The van der Waals surface area contributed by atoms with Crippen molar-refractivity contribution in [3.8, 4) is 0 Å². The van der Waals surface area contributed by atoms with Gasteiger partial charge in [-0.1, -0.05) is 6.92 Å². The molecule has 1 fully saturated rings. The van der Waals surface area contributed by atoms with E-state index in [-0.39, 0.29) is 18.2 Å². The van der Waals surface area contributed by atoms with Gasteiger partial charge >= 0.3 is 6.09 Å².